The maximum absolute atomic E-state index is 15.1. The third-order valence-electron chi connectivity index (χ3n) is 7.90. The number of hydrogen-bond donors (Lipinski definition) is 2. The molecular weight excluding hydrogens is 505 g/mol. The number of anilines is 3. The van der Waals surface area contributed by atoms with Crippen molar-refractivity contribution in [1.82, 2.24) is 29.4 Å². The Kier molecular flexibility index (Phi) is 6.77. The molecule has 0 atom stereocenters. The highest BCUT2D eigenvalue weighted by Crippen LogP contribution is 2.33. The second kappa shape index (κ2) is 10.4. The van der Waals surface area contributed by atoms with Crippen molar-refractivity contribution < 1.29 is 18.7 Å². The summed E-state index contributed by atoms with van der Waals surface area (Å²) in [5.41, 5.74) is 7.79. The number of carbonyl (C=O) groups is 2. The molecule has 3 aliphatic heterocycles. The monoisotopic (exact) mass is 537 g/mol. The fourth-order valence-corrected chi connectivity index (χ4v) is 5.64. The van der Waals surface area contributed by atoms with Crippen molar-refractivity contribution in [2.24, 2.45) is 5.92 Å². The average molecular weight is 538 g/mol. The number of rotatable bonds is 5. The lowest BCUT2D eigenvalue weighted by molar-refractivity contribution is -0.140. The van der Waals surface area contributed by atoms with E-state index >= 15 is 4.39 Å². The van der Waals surface area contributed by atoms with E-state index in [2.05, 4.69) is 25.3 Å². The molecule has 3 N–H and O–H groups in total. The van der Waals surface area contributed by atoms with Crippen LogP contribution in [0.5, 0.6) is 0 Å². The van der Waals surface area contributed by atoms with Crippen LogP contribution in [0.3, 0.4) is 0 Å². The molecule has 0 aromatic carbocycles. The van der Waals surface area contributed by atoms with Crippen LogP contribution < -0.4 is 16.0 Å². The van der Waals surface area contributed by atoms with E-state index < -0.39 is 11.7 Å². The molecule has 3 fully saturated rings. The van der Waals surface area contributed by atoms with Crippen molar-refractivity contribution in [1.29, 1.82) is 0 Å². The Morgan fingerprint density at radius 2 is 1.82 bits per heavy atom. The Morgan fingerprint density at radius 3 is 2.51 bits per heavy atom. The molecule has 0 bridgehead atoms. The predicted molar refractivity (Wildman–Crippen MR) is 142 cm³/mol. The molecule has 206 valence electrons. The molecule has 6 heterocycles. The molecule has 3 aromatic heterocycles. The Labute approximate surface area is 224 Å². The molecule has 0 aliphatic carbocycles. The maximum atomic E-state index is 15.1. The lowest BCUT2D eigenvalue weighted by atomic mass is 9.94. The molecule has 6 rings (SSSR count). The van der Waals surface area contributed by atoms with Crippen molar-refractivity contribution in [2.75, 3.05) is 68.4 Å². The van der Waals surface area contributed by atoms with Gasteiger partial charge < -0.3 is 25.6 Å². The fraction of sp³-hybridized carbons (Fsp3) is 0.500. The molecule has 2 amide bonds. The molecule has 0 spiro atoms. The van der Waals surface area contributed by atoms with E-state index in [1.54, 1.807) is 12.4 Å². The number of amides is 2. The highest BCUT2D eigenvalue weighted by molar-refractivity contribution is 6.12. The van der Waals surface area contributed by atoms with E-state index in [9.17, 15) is 9.59 Å². The zero-order valence-corrected chi connectivity index (χ0v) is 21.8. The van der Waals surface area contributed by atoms with E-state index in [0.29, 0.717) is 37.6 Å². The Hall–Kier alpha value is -3.84. The number of nitrogens with zero attached hydrogens (tertiary/aromatic N) is 7. The number of piperidine rings is 1. The molecule has 0 radical (unpaired) electrons. The van der Waals surface area contributed by atoms with E-state index in [1.807, 2.05) is 16.7 Å². The third-order valence-corrected chi connectivity index (χ3v) is 7.90. The minimum atomic E-state index is -0.551. The van der Waals surface area contributed by atoms with Gasteiger partial charge in [0, 0.05) is 57.6 Å². The predicted octanol–water partition coefficient (Wildman–Crippen LogP) is 1.17. The van der Waals surface area contributed by atoms with Crippen molar-refractivity contribution in [3.8, 4) is 0 Å². The molecule has 39 heavy (non-hydrogen) atoms. The van der Waals surface area contributed by atoms with Crippen molar-refractivity contribution in [3.05, 3.63) is 41.7 Å². The van der Waals surface area contributed by atoms with Gasteiger partial charge >= 0.3 is 0 Å². The van der Waals surface area contributed by atoms with Crippen LogP contribution in [0.1, 0.15) is 28.8 Å². The molecule has 0 saturated carbocycles. The summed E-state index contributed by atoms with van der Waals surface area (Å²) in [6, 6.07) is 0.486. The second-order valence-corrected chi connectivity index (χ2v) is 10.4. The first-order chi connectivity index (χ1) is 18.9. The lowest BCUT2D eigenvalue weighted by Gasteiger charge is -2.43. The van der Waals surface area contributed by atoms with Crippen LogP contribution in [0.4, 0.5) is 21.6 Å². The summed E-state index contributed by atoms with van der Waals surface area (Å²) in [4.78, 5) is 40.9. The Bertz CT molecular complexity index is 1390. The number of aromatic nitrogens is 4. The van der Waals surface area contributed by atoms with Crippen LogP contribution in [0.2, 0.25) is 0 Å². The quantitative estimate of drug-likeness (QED) is 0.492. The number of piperazine rings is 1. The number of nitrogens with two attached hydrogens (primary N) is 1. The summed E-state index contributed by atoms with van der Waals surface area (Å²) in [5.74, 6) is -0.997. The first-order valence-corrected chi connectivity index (χ1v) is 13.3. The van der Waals surface area contributed by atoms with E-state index in [1.165, 1.54) is 10.7 Å². The summed E-state index contributed by atoms with van der Waals surface area (Å²) in [7, 11) is 0. The minimum absolute atomic E-state index is 0.0256. The smallest absolute Gasteiger partial charge is 0.263 e. The first-order valence-electron chi connectivity index (χ1n) is 13.3. The van der Waals surface area contributed by atoms with Gasteiger partial charge in [0.15, 0.2) is 17.3 Å². The molecule has 3 aliphatic rings. The van der Waals surface area contributed by atoms with E-state index in [0.717, 1.165) is 51.2 Å². The fourth-order valence-electron chi connectivity index (χ4n) is 5.64. The van der Waals surface area contributed by atoms with Crippen LogP contribution in [-0.2, 0) is 9.53 Å². The average Bonchev–Trinajstić information content (AvgIpc) is 3.23. The van der Waals surface area contributed by atoms with Gasteiger partial charge in [0.25, 0.3) is 5.91 Å². The molecular formula is C26H32FN9O3. The second-order valence-electron chi connectivity index (χ2n) is 10.4. The number of fused-ring (bicyclic) bond motifs is 1. The summed E-state index contributed by atoms with van der Waals surface area (Å²) in [6.45, 7) is 7.59. The summed E-state index contributed by atoms with van der Waals surface area (Å²) >= 11 is 0. The van der Waals surface area contributed by atoms with Gasteiger partial charge in [0.1, 0.15) is 11.3 Å². The number of nitrogens with one attached hydrogen (secondary N) is 1. The van der Waals surface area contributed by atoms with Gasteiger partial charge in [-0.1, -0.05) is 0 Å². The number of ether oxygens (including phenoxy) is 1. The molecule has 3 aromatic rings. The van der Waals surface area contributed by atoms with Gasteiger partial charge in [0.05, 0.1) is 37.3 Å². The zero-order valence-electron chi connectivity index (χ0n) is 21.8. The number of hydrogen-bond acceptors (Lipinski definition) is 9. The van der Waals surface area contributed by atoms with Gasteiger partial charge in [0.2, 0.25) is 5.91 Å². The van der Waals surface area contributed by atoms with Crippen LogP contribution in [-0.4, -0.2) is 99.7 Å². The number of nitrogen functional groups attached to an aromatic ring is 1. The summed E-state index contributed by atoms with van der Waals surface area (Å²) in [5, 5.41) is 6.94. The summed E-state index contributed by atoms with van der Waals surface area (Å²) < 4.78 is 21.8. The van der Waals surface area contributed by atoms with Gasteiger partial charge in [-0.2, -0.15) is 0 Å². The third kappa shape index (κ3) is 4.87. The highest BCUT2D eigenvalue weighted by Gasteiger charge is 2.34. The molecule has 13 heteroatoms. The zero-order chi connectivity index (χ0) is 27.1. The van der Waals surface area contributed by atoms with Crippen molar-refractivity contribution in [2.45, 2.75) is 25.8 Å². The Balaban J connectivity index is 1.12. The van der Waals surface area contributed by atoms with E-state index in [4.69, 9.17) is 10.5 Å². The Morgan fingerprint density at radius 1 is 1.08 bits per heavy atom. The minimum Gasteiger partial charge on any atom is -0.381 e. The van der Waals surface area contributed by atoms with Crippen molar-refractivity contribution in [3.63, 3.8) is 0 Å². The standard InChI is InChI=1S/C26H32FN9O3/c1-16-10-30-24-21(23(28)32-36(24)13-16)25(37)31-20-12-29-11-19(27)22(20)34-4-2-17(3-5-34)26(38)35-8-6-33(7-9-35)18-14-39-15-18/h10-13,17-18H,2-9,14-15H2,1H3,(H2,28,32)(H,31,37). The number of aryl methyl sites for hydroxylation is 1. The molecule has 3 saturated heterocycles. The largest absolute Gasteiger partial charge is 0.381 e. The SMILES string of the molecule is Cc1cnc2c(C(=O)Nc3cncc(F)c3N3CCC(C(=O)N4CCN(C5COC5)CC4)CC3)c(N)nn2c1. The normalized spacial score (nSPS) is 19.3. The van der Waals surface area contributed by atoms with Gasteiger partial charge in [-0.3, -0.25) is 19.5 Å². The van der Waals surface area contributed by atoms with E-state index in [-0.39, 0.29) is 34.6 Å². The summed E-state index contributed by atoms with van der Waals surface area (Å²) in [6.07, 6.45) is 7.10. The van der Waals surface area contributed by atoms with Crippen LogP contribution in [0.25, 0.3) is 5.65 Å². The van der Waals surface area contributed by atoms with Crippen molar-refractivity contribution >= 4 is 34.7 Å². The van der Waals surface area contributed by atoms with Crippen LogP contribution >= 0.6 is 0 Å². The van der Waals surface area contributed by atoms with Crippen LogP contribution in [0.15, 0.2) is 24.8 Å². The number of carbonyl (C=O) groups excluding carboxylic acids is 2. The van der Waals surface area contributed by atoms with Gasteiger partial charge in [-0.15, -0.1) is 5.10 Å². The topological polar surface area (TPSA) is 134 Å². The maximum Gasteiger partial charge on any atom is 0.263 e. The highest BCUT2D eigenvalue weighted by atomic mass is 19.1. The molecule has 12 nitrogen and oxygen atoms in total. The number of pyridine rings is 1. The van der Waals surface area contributed by atoms with Gasteiger partial charge in [-0.25, -0.2) is 13.9 Å². The van der Waals surface area contributed by atoms with Crippen LogP contribution in [0, 0.1) is 18.7 Å². The first kappa shape index (κ1) is 25.4. The number of halogens is 1. The van der Waals surface area contributed by atoms with Gasteiger partial charge in [-0.05, 0) is 25.3 Å². The molecule has 0 unspecified atom stereocenters. The lowest BCUT2D eigenvalue weighted by Crippen LogP contribution is -2.58.